The first-order valence-corrected chi connectivity index (χ1v) is 7.82. The molecule has 1 aromatic heterocycles. The summed E-state index contributed by atoms with van der Waals surface area (Å²) in [5.74, 6) is 0.0696. The minimum absolute atomic E-state index is 0.0288. The van der Waals surface area contributed by atoms with Gasteiger partial charge < -0.3 is 10.2 Å². The van der Waals surface area contributed by atoms with Gasteiger partial charge in [-0.1, -0.05) is 20.8 Å². The number of nitrogens with one attached hydrogen (secondary N) is 1. The van der Waals surface area contributed by atoms with Gasteiger partial charge in [0, 0.05) is 18.5 Å². The summed E-state index contributed by atoms with van der Waals surface area (Å²) in [5.41, 5.74) is 0.507. The molecule has 1 aliphatic rings. The van der Waals surface area contributed by atoms with Crippen LogP contribution >= 0.6 is 11.3 Å². The van der Waals surface area contributed by atoms with Gasteiger partial charge in [0.2, 0.25) is 5.91 Å². The van der Waals surface area contributed by atoms with Crippen LogP contribution < -0.4 is 5.32 Å². The second kappa shape index (κ2) is 5.56. The minimum Gasteiger partial charge on any atom is -0.338 e. The molecule has 0 spiro atoms. The van der Waals surface area contributed by atoms with E-state index in [1.165, 1.54) is 11.3 Å². The van der Waals surface area contributed by atoms with E-state index in [2.05, 4.69) is 5.32 Å². The van der Waals surface area contributed by atoms with Crippen LogP contribution in [0.25, 0.3) is 0 Å². The lowest BCUT2D eigenvalue weighted by Gasteiger charge is -2.16. The number of anilines is 1. The zero-order valence-corrected chi connectivity index (χ0v) is 13.4. The Kier molecular flexibility index (Phi) is 4.18. The van der Waals surface area contributed by atoms with Gasteiger partial charge >= 0.3 is 0 Å². The maximum atomic E-state index is 12.4. The summed E-state index contributed by atoms with van der Waals surface area (Å²) in [6, 6.07) is 1.89. The highest BCUT2D eigenvalue weighted by Gasteiger charge is 2.25. The van der Waals surface area contributed by atoms with Crippen molar-refractivity contribution in [1.29, 1.82) is 0 Å². The van der Waals surface area contributed by atoms with Crippen LogP contribution in [0.4, 0.5) is 5.00 Å². The van der Waals surface area contributed by atoms with E-state index in [1.807, 2.05) is 38.7 Å². The number of hydrogen-bond acceptors (Lipinski definition) is 3. The summed E-state index contributed by atoms with van der Waals surface area (Å²) < 4.78 is 0. The Labute approximate surface area is 124 Å². The SMILES string of the molecule is Cc1cc(NC(=O)C(C)(C)C)sc1C(=O)N1CCCC1. The normalized spacial score (nSPS) is 15.5. The number of nitrogens with zero attached hydrogens (tertiary/aromatic N) is 1. The molecule has 4 nitrogen and oxygen atoms in total. The maximum absolute atomic E-state index is 12.4. The van der Waals surface area contributed by atoms with E-state index in [-0.39, 0.29) is 11.8 Å². The molecule has 2 rings (SSSR count). The van der Waals surface area contributed by atoms with Crippen LogP contribution in [0.5, 0.6) is 0 Å². The Morgan fingerprint density at radius 3 is 2.40 bits per heavy atom. The van der Waals surface area contributed by atoms with Gasteiger partial charge in [0.25, 0.3) is 5.91 Å². The first-order chi connectivity index (χ1) is 9.29. The van der Waals surface area contributed by atoms with Gasteiger partial charge in [-0.3, -0.25) is 9.59 Å². The van der Waals surface area contributed by atoms with Gasteiger partial charge in [0.15, 0.2) is 0 Å². The summed E-state index contributed by atoms with van der Waals surface area (Å²) in [4.78, 5) is 27.0. The molecule has 0 radical (unpaired) electrons. The average Bonchev–Trinajstić information content (AvgIpc) is 2.96. The predicted molar refractivity (Wildman–Crippen MR) is 82.3 cm³/mol. The number of rotatable bonds is 2. The van der Waals surface area contributed by atoms with Crippen molar-refractivity contribution in [2.75, 3.05) is 18.4 Å². The van der Waals surface area contributed by atoms with Crippen LogP contribution in [0.1, 0.15) is 48.8 Å². The molecular weight excluding hydrogens is 272 g/mol. The van der Waals surface area contributed by atoms with E-state index in [1.54, 1.807) is 0 Å². The highest BCUT2D eigenvalue weighted by molar-refractivity contribution is 7.18. The van der Waals surface area contributed by atoms with Gasteiger partial charge in [-0.05, 0) is 31.4 Å². The van der Waals surface area contributed by atoms with Crippen molar-refractivity contribution in [1.82, 2.24) is 4.90 Å². The van der Waals surface area contributed by atoms with Crippen LogP contribution in [0.2, 0.25) is 0 Å². The lowest BCUT2D eigenvalue weighted by molar-refractivity contribution is -0.123. The molecule has 1 saturated heterocycles. The highest BCUT2D eigenvalue weighted by atomic mass is 32.1. The van der Waals surface area contributed by atoms with Crippen molar-refractivity contribution < 1.29 is 9.59 Å². The van der Waals surface area contributed by atoms with E-state index in [9.17, 15) is 9.59 Å². The molecule has 0 aromatic carbocycles. The summed E-state index contributed by atoms with van der Waals surface area (Å²) >= 11 is 1.38. The summed E-state index contributed by atoms with van der Waals surface area (Å²) in [5, 5.41) is 3.65. The number of carbonyl (C=O) groups excluding carboxylic acids is 2. The van der Waals surface area contributed by atoms with Gasteiger partial charge in [-0.15, -0.1) is 11.3 Å². The Morgan fingerprint density at radius 1 is 1.25 bits per heavy atom. The molecule has 0 unspecified atom stereocenters. The van der Waals surface area contributed by atoms with E-state index in [4.69, 9.17) is 0 Å². The maximum Gasteiger partial charge on any atom is 0.264 e. The Hall–Kier alpha value is -1.36. The Morgan fingerprint density at radius 2 is 1.85 bits per heavy atom. The van der Waals surface area contributed by atoms with E-state index >= 15 is 0 Å². The Bertz CT molecular complexity index is 522. The fourth-order valence-corrected chi connectivity index (χ4v) is 3.15. The molecule has 0 saturated carbocycles. The van der Waals surface area contributed by atoms with Crippen LogP contribution in [0.15, 0.2) is 6.07 Å². The standard InChI is InChI=1S/C15H22N2O2S/c1-10-9-11(16-14(19)15(2,3)4)20-12(10)13(18)17-7-5-6-8-17/h9H,5-8H2,1-4H3,(H,16,19). The van der Waals surface area contributed by atoms with Crippen LogP contribution in [0, 0.1) is 12.3 Å². The molecule has 0 aliphatic carbocycles. The highest BCUT2D eigenvalue weighted by Crippen LogP contribution is 2.30. The van der Waals surface area contributed by atoms with Crippen molar-refractivity contribution in [2.24, 2.45) is 5.41 Å². The van der Waals surface area contributed by atoms with Crippen LogP contribution in [-0.2, 0) is 4.79 Å². The fraction of sp³-hybridized carbons (Fsp3) is 0.600. The number of likely N-dealkylation sites (tertiary alicyclic amines) is 1. The van der Waals surface area contributed by atoms with Crippen molar-refractivity contribution >= 4 is 28.2 Å². The number of carbonyl (C=O) groups is 2. The molecule has 1 aromatic rings. The van der Waals surface area contributed by atoms with Gasteiger partial charge in [-0.2, -0.15) is 0 Å². The number of hydrogen-bond donors (Lipinski definition) is 1. The fourth-order valence-electron chi connectivity index (χ4n) is 2.12. The molecule has 110 valence electrons. The third-order valence-electron chi connectivity index (χ3n) is 3.42. The molecule has 1 N–H and O–H groups in total. The van der Waals surface area contributed by atoms with Crippen molar-refractivity contribution in [3.8, 4) is 0 Å². The second-order valence-electron chi connectivity index (χ2n) is 6.33. The van der Waals surface area contributed by atoms with Crippen LogP contribution in [0.3, 0.4) is 0 Å². The lowest BCUT2D eigenvalue weighted by atomic mass is 9.96. The molecule has 20 heavy (non-hydrogen) atoms. The average molecular weight is 294 g/mol. The summed E-state index contributed by atoms with van der Waals surface area (Å²) in [7, 11) is 0. The lowest BCUT2D eigenvalue weighted by Crippen LogP contribution is -2.27. The zero-order valence-electron chi connectivity index (χ0n) is 12.6. The number of amides is 2. The summed E-state index contributed by atoms with van der Waals surface area (Å²) in [6.45, 7) is 9.24. The minimum atomic E-state index is -0.434. The predicted octanol–water partition coefficient (Wildman–Crippen LogP) is 3.28. The first-order valence-electron chi connectivity index (χ1n) is 7.00. The second-order valence-corrected chi connectivity index (χ2v) is 7.38. The topological polar surface area (TPSA) is 49.4 Å². The van der Waals surface area contributed by atoms with Crippen LogP contribution in [-0.4, -0.2) is 29.8 Å². The van der Waals surface area contributed by atoms with E-state index in [0.717, 1.165) is 41.4 Å². The number of thiophene rings is 1. The molecule has 5 heteroatoms. The quantitative estimate of drug-likeness (QED) is 0.910. The smallest absolute Gasteiger partial charge is 0.264 e. The third-order valence-corrected chi connectivity index (χ3v) is 4.56. The van der Waals surface area contributed by atoms with Gasteiger partial charge in [-0.25, -0.2) is 0 Å². The molecule has 2 heterocycles. The molecular formula is C15H22N2O2S. The molecule has 0 bridgehead atoms. The monoisotopic (exact) mass is 294 g/mol. The van der Waals surface area contributed by atoms with Crippen molar-refractivity contribution in [3.05, 3.63) is 16.5 Å². The van der Waals surface area contributed by atoms with E-state index < -0.39 is 5.41 Å². The Balaban J connectivity index is 2.13. The van der Waals surface area contributed by atoms with Crippen molar-refractivity contribution in [3.63, 3.8) is 0 Å². The van der Waals surface area contributed by atoms with Gasteiger partial charge in [0.1, 0.15) is 0 Å². The largest absolute Gasteiger partial charge is 0.338 e. The molecule has 2 amide bonds. The summed E-state index contributed by atoms with van der Waals surface area (Å²) in [6.07, 6.45) is 2.17. The van der Waals surface area contributed by atoms with Gasteiger partial charge in [0.05, 0.1) is 9.88 Å². The van der Waals surface area contributed by atoms with E-state index in [0.29, 0.717) is 0 Å². The number of aryl methyl sites for hydroxylation is 1. The first kappa shape index (κ1) is 15.0. The molecule has 1 fully saturated rings. The molecule has 0 atom stereocenters. The van der Waals surface area contributed by atoms with Crippen molar-refractivity contribution in [2.45, 2.75) is 40.5 Å². The zero-order chi connectivity index (χ0) is 14.9. The molecule has 1 aliphatic heterocycles. The third kappa shape index (κ3) is 3.20.